The van der Waals surface area contributed by atoms with Gasteiger partial charge in [0, 0.05) is 12.0 Å². The van der Waals surface area contributed by atoms with Crippen LogP contribution in [0.15, 0.2) is 35.9 Å². The molecule has 3 rings (SSSR count). The monoisotopic (exact) mass is 340 g/mol. The molecular weight excluding hydrogens is 320 g/mol. The fourth-order valence-electron chi connectivity index (χ4n) is 2.91. The molecular formula is C20H20O5. The summed E-state index contributed by atoms with van der Waals surface area (Å²) in [6.07, 6.45) is 2.28. The minimum Gasteiger partial charge on any atom is -0.502 e. The third-order valence-electron chi connectivity index (χ3n) is 4.21. The quantitative estimate of drug-likeness (QED) is 0.862. The Kier molecular flexibility index (Phi) is 4.65. The number of methoxy groups -OCH3 is 2. The Morgan fingerprint density at radius 3 is 2.48 bits per heavy atom. The molecule has 1 aliphatic rings. The van der Waals surface area contributed by atoms with Crippen LogP contribution in [-0.4, -0.2) is 31.7 Å². The van der Waals surface area contributed by atoms with Gasteiger partial charge in [-0.15, -0.1) is 0 Å². The van der Waals surface area contributed by atoms with Gasteiger partial charge >= 0.3 is 0 Å². The van der Waals surface area contributed by atoms with E-state index < -0.39 is 0 Å². The largest absolute Gasteiger partial charge is 0.502 e. The topological polar surface area (TPSA) is 65.0 Å². The second-order valence-electron chi connectivity index (χ2n) is 5.82. The molecule has 1 N–H and O–H groups in total. The summed E-state index contributed by atoms with van der Waals surface area (Å²) in [7, 11) is 2.93. The molecule has 0 aliphatic carbocycles. The summed E-state index contributed by atoms with van der Waals surface area (Å²) in [6, 6.07) is 8.89. The number of phenols is 1. The van der Waals surface area contributed by atoms with E-state index in [9.17, 15) is 9.90 Å². The zero-order valence-electron chi connectivity index (χ0n) is 14.5. The number of carbonyl (C=O) groups is 1. The van der Waals surface area contributed by atoms with Gasteiger partial charge in [0.1, 0.15) is 5.75 Å². The van der Waals surface area contributed by atoms with Crippen LogP contribution < -0.4 is 14.2 Å². The van der Waals surface area contributed by atoms with E-state index in [2.05, 4.69) is 0 Å². The van der Waals surface area contributed by atoms with Crippen molar-refractivity contribution >= 4 is 11.9 Å². The zero-order valence-corrected chi connectivity index (χ0v) is 14.5. The van der Waals surface area contributed by atoms with Gasteiger partial charge in [-0.2, -0.15) is 0 Å². The van der Waals surface area contributed by atoms with Gasteiger partial charge in [0.25, 0.3) is 0 Å². The molecule has 0 saturated carbocycles. The number of ether oxygens (including phenoxy) is 3. The first-order valence-corrected chi connectivity index (χ1v) is 7.97. The van der Waals surface area contributed by atoms with Crippen molar-refractivity contribution in [1.82, 2.24) is 0 Å². The van der Waals surface area contributed by atoms with Gasteiger partial charge in [-0.25, -0.2) is 0 Å². The highest BCUT2D eigenvalue weighted by Gasteiger charge is 2.22. The fraction of sp³-hybridized carbons (Fsp3) is 0.250. The minimum atomic E-state index is -0.0661. The molecule has 0 unspecified atom stereocenters. The average Bonchev–Trinajstić information content (AvgIpc) is 2.77. The molecule has 0 spiro atoms. The van der Waals surface area contributed by atoms with E-state index in [4.69, 9.17) is 14.2 Å². The highest BCUT2D eigenvalue weighted by atomic mass is 16.5. The normalized spacial score (nSPS) is 15.3. The Morgan fingerprint density at radius 2 is 1.84 bits per heavy atom. The number of aromatic hydroxyl groups is 1. The van der Waals surface area contributed by atoms with Crippen LogP contribution in [0.5, 0.6) is 23.0 Å². The summed E-state index contributed by atoms with van der Waals surface area (Å²) in [4.78, 5) is 12.9. The number of fused-ring (bicyclic) bond motifs is 1. The van der Waals surface area contributed by atoms with E-state index in [1.54, 1.807) is 24.3 Å². The first kappa shape index (κ1) is 16.9. The maximum absolute atomic E-state index is 12.9. The Bertz CT molecular complexity index is 826. The lowest BCUT2D eigenvalue weighted by molar-refractivity contribution is 0.103. The molecule has 5 heteroatoms. The smallest absolute Gasteiger partial charge is 0.200 e. The van der Waals surface area contributed by atoms with Crippen molar-refractivity contribution in [3.05, 3.63) is 52.6 Å². The predicted molar refractivity (Wildman–Crippen MR) is 94.8 cm³/mol. The van der Waals surface area contributed by atoms with E-state index in [1.165, 1.54) is 14.2 Å². The molecule has 0 radical (unpaired) electrons. The second kappa shape index (κ2) is 6.89. The molecule has 2 aromatic rings. The predicted octanol–water partition coefficient (Wildman–Crippen LogP) is 3.77. The van der Waals surface area contributed by atoms with Gasteiger partial charge in [0.2, 0.25) is 5.75 Å². The third kappa shape index (κ3) is 3.18. The minimum absolute atomic E-state index is 0.0535. The molecule has 0 saturated heterocycles. The molecule has 2 aromatic carbocycles. The number of Topliss-reactive ketones (excluding diaryl/α,β-unsaturated/α-hetero) is 1. The zero-order chi connectivity index (χ0) is 18.0. The molecule has 0 atom stereocenters. The van der Waals surface area contributed by atoms with E-state index in [1.807, 2.05) is 19.1 Å². The Labute approximate surface area is 146 Å². The summed E-state index contributed by atoms with van der Waals surface area (Å²) >= 11 is 0. The van der Waals surface area contributed by atoms with Crippen LogP contribution >= 0.6 is 0 Å². The molecule has 1 aliphatic heterocycles. The third-order valence-corrected chi connectivity index (χ3v) is 4.21. The van der Waals surface area contributed by atoms with Crippen molar-refractivity contribution in [3.63, 3.8) is 0 Å². The molecule has 5 nitrogen and oxygen atoms in total. The van der Waals surface area contributed by atoms with Crippen LogP contribution in [0.2, 0.25) is 0 Å². The van der Waals surface area contributed by atoms with Crippen molar-refractivity contribution < 1.29 is 24.1 Å². The molecule has 25 heavy (non-hydrogen) atoms. The molecule has 1 heterocycles. The van der Waals surface area contributed by atoms with E-state index >= 15 is 0 Å². The van der Waals surface area contributed by atoms with Crippen LogP contribution in [0.1, 0.15) is 27.9 Å². The number of phenolic OH excluding ortho intramolecular Hbond substituents is 1. The molecule has 0 amide bonds. The van der Waals surface area contributed by atoms with Crippen LogP contribution in [0.4, 0.5) is 0 Å². The number of benzene rings is 2. The SMILES string of the molecule is COc1cc(/C=C2/CCOc3c(C)cccc3C2=O)cc(OC)c1O. The number of hydrogen-bond donors (Lipinski definition) is 1. The second-order valence-corrected chi connectivity index (χ2v) is 5.82. The van der Waals surface area contributed by atoms with E-state index in [0.29, 0.717) is 47.0 Å². The molecule has 0 aromatic heterocycles. The number of para-hydroxylation sites is 1. The average molecular weight is 340 g/mol. The van der Waals surface area contributed by atoms with E-state index in [0.717, 1.165) is 5.56 Å². The van der Waals surface area contributed by atoms with Crippen LogP contribution in [0, 0.1) is 6.92 Å². The van der Waals surface area contributed by atoms with Crippen molar-refractivity contribution in [2.45, 2.75) is 13.3 Å². The van der Waals surface area contributed by atoms with Crippen LogP contribution in [0.25, 0.3) is 6.08 Å². The number of ketones is 1. The van der Waals surface area contributed by atoms with Crippen molar-refractivity contribution in [2.75, 3.05) is 20.8 Å². The lowest BCUT2D eigenvalue weighted by atomic mass is 9.97. The summed E-state index contributed by atoms with van der Waals surface area (Å²) < 4.78 is 16.1. The molecule has 130 valence electrons. The Balaban J connectivity index is 2.06. The fourth-order valence-corrected chi connectivity index (χ4v) is 2.91. The van der Waals surface area contributed by atoms with E-state index in [-0.39, 0.29) is 11.5 Å². The Morgan fingerprint density at radius 1 is 1.16 bits per heavy atom. The summed E-state index contributed by atoms with van der Waals surface area (Å²) in [6.45, 7) is 2.36. The molecule has 0 fully saturated rings. The maximum atomic E-state index is 12.9. The van der Waals surface area contributed by atoms with Gasteiger partial charge in [0.15, 0.2) is 17.3 Å². The van der Waals surface area contributed by atoms with Crippen molar-refractivity contribution in [1.29, 1.82) is 0 Å². The Hall–Kier alpha value is -2.95. The maximum Gasteiger partial charge on any atom is 0.200 e. The number of aryl methyl sites for hydroxylation is 1. The van der Waals surface area contributed by atoms with Gasteiger partial charge in [0.05, 0.1) is 26.4 Å². The highest BCUT2D eigenvalue weighted by molar-refractivity contribution is 6.13. The first-order valence-electron chi connectivity index (χ1n) is 7.97. The summed E-state index contributed by atoms with van der Waals surface area (Å²) in [5.41, 5.74) is 2.87. The van der Waals surface area contributed by atoms with Crippen molar-refractivity contribution in [2.24, 2.45) is 0 Å². The summed E-state index contributed by atoms with van der Waals surface area (Å²) in [5.74, 6) is 1.11. The van der Waals surface area contributed by atoms with Gasteiger partial charge in [-0.1, -0.05) is 12.1 Å². The van der Waals surface area contributed by atoms with Gasteiger partial charge < -0.3 is 19.3 Å². The summed E-state index contributed by atoms with van der Waals surface area (Å²) in [5, 5.41) is 10.0. The van der Waals surface area contributed by atoms with Gasteiger partial charge in [-0.05, 0) is 42.3 Å². The van der Waals surface area contributed by atoms with Crippen molar-refractivity contribution in [3.8, 4) is 23.0 Å². The molecule has 0 bridgehead atoms. The first-order chi connectivity index (χ1) is 12.0. The lowest BCUT2D eigenvalue weighted by Crippen LogP contribution is -2.02. The van der Waals surface area contributed by atoms with Crippen LogP contribution in [-0.2, 0) is 0 Å². The number of hydrogen-bond acceptors (Lipinski definition) is 5. The lowest BCUT2D eigenvalue weighted by Gasteiger charge is -2.10. The number of rotatable bonds is 3. The van der Waals surface area contributed by atoms with Crippen LogP contribution in [0.3, 0.4) is 0 Å². The number of carbonyl (C=O) groups excluding carboxylic acids is 1. The highest BCUT2D eigenvalue weighted by Crippen LogP contribution is 2.38. The van der Waals surface area contributed by atoms with Gasteiger partial charge in [-0.3, -0.25) is 4.79 Å². The standard InChI is InChI=1S/C20H20O5/c1-12-5-4-6-15-18(21)14(7-8-25-20(12)15)9-13-10-16(23-2)19(22)17(11-13)24-3/h4-6,9-11,22H,7-8H2,1-3H3/b14-9-.